The van der Waals surface area contributed by atoms with Gasteiger partial charge in [-0.25, -0.2) is 14.4 Å². The lowest BCUT2D eigenvalue weighted by molar-refractivity contribution is 0.0753. The Kier molecular flexibility index (Phi) is 5.90. The first kappa shape index (κ1) is 22.9. The Labute approximate surface area is 198 Å². The minimum Gasteiger partial charge on any atom is -0.396 e. The molecule has 0 bridgehead atoms. The Morgan fingerprint density at radius 1 is 1.09 bits per heavy atom. The molecule has 3 N–H and O–H groups in total. The first-order chi connectivity index (χ1) is 16.2. The fourth-order valence-corrected chi connectivity index (χ4v) is 5.01. The van der Waals surface area contributed by atoms with Crippen molar-refractivity contribution in [2.24, 2.45) is 5.92 Å². The van der Waals surface area contributed by atoms with Crippen LogP contribution in [0.2, 0.25) is 0 Å². The van der Waals surface area contributed by atoms with Crippen LogP contribution in [0.1, 0.15) is 91.6 Å². The van der Waals surface area contributed by atoms with Crippen molar-refractivity contribution in [1.29, 1.82) is 0 Å². The minimum absolute atomic E-state index is 0.00663. The summed E-state index contributed by atoms with van der Waals surface area (Å²) in [6.07, 6.45) is 9.19. The zero-order valence-electron chi connectivity index (χ0n) is 19.6. The van der Waals surface area contributed by atoms with E-state index in [-0.39, 0.29) is 35.1 Å². The maximum atomic E-state index is 15.7. The van der Waals surface area contributed by atoms with Gasteiger partial charge in [0.2, 0.25) is 0 Å². The van der Waals surface area contributed by atoms with Gasteiger partial charge >= 0.3 is 0 Å². The maximum Gasteiger partial charge on any atom is 0.274 e. The number of imidazole rings is 1. The van der Waals surface area contributed by atoms with Crippen molar-refractivity contribution in [2.75, 3.05) is 11.9 Å². The van der Waals surface area contributed by atoms with Gasteiger partial charge in [-0.2, -0.15) is 0 Å². The monoisotopic (exact) mass is 466 g/mol. The second kappa shape index (κ2) is 8.74. The number of rotatable bonds is 6. The quantitative estimate of drug-likeness (QED) is 0.497. The van der Waals surface area contributed by atoms with Gasteiger partial charge in [-0.3, -0.25) is 4.79 Å². The predicted molar refractivity (Wildman–Crippen MR) is 126 cm³/mol. The first-order valence-corrected chi connectivity index (χ1v) is 12.1. The molecule has 5 rings (SSSR count). The highest BCUT2D eigenvalue weighted by atomic mass is 19.1. The summed E-state index contributed by atoms with van der Waals surface area (Å²) in [6.45, 7) is 3.18. The molecule has 2 aliphatic rings. The molecule has 180 valence electrons. The molecule has 7 nitrogen and oxygen atoms in total. The number of hydrogen-bond acceptors (Lipinski definition) is 5. The van der Waals surface area contributed by atoms with Gasteiger partial charge in [-0.05, 0) is 70.4 Å². The van der Waals surface area contributed by atoms with Crippen LogP contribution in [0, 0.1) is 11.7 Å². The number of anilines is 1. The Hall–Kier alpha value is -2.84. The van der Waals surface area contributed by atoms with E-state index in [0.29, 0.717) is 11.8 Å². The lowest BCUT2D eigenvalue weighted by Crippen LogP contribution is -2.24. The van der Waals surface area contributed by atoms with E-state index < -0.39 is 17.3 Å². The van der Waals surface area contributed by atoms with Crippen LogP contribution in [0.25, 0.3) is 5.65 Å². The van der Waals surface area contributed by atoms with Crippen LogP contribution < -0.4 is 5.32 Å². The normalized spacial score (nSPS) is 21.1. The molecular formula is C26H31FN4O3. The number of aliphatic hydroxyl groups excluding tert-OH is 1. The van der Waals surface area contributed by atoms with Gasteiger partial charge < -0.3 is 19.9 Å². The summed E-state index contributed by atoms with van der Waals surface area (Å²) in [5, 5.41) is 22.9. The zero-order valence-corrected chi connectivity index (χ0v) is 19.6. The van der Waals surface area contributed by atoms with Crippen molar-refractivity contribution in [2.45, 2.75) is 69.8 Å². The molecule has 0 saturated heterocycles. The number of carbonyl (C=O) groups excluding carboxylic acids is 1. The average Bonchev–Trinajstić information content (AvgIpc) is 3.57. The molecule has 0 spiro atoms. The molecule has 2 fully saturated rings. The molecule has 3 aromatic rings. The van der Waals surface area contributed by atoms with Crippen LogP contribution in [0.5, 0.6) is 0 Å². The molecule has 2 aliphatic carbocycles. The van der Waals surface area contributed by atoms with E-state index in [1.807, 2.05) is 12.1 Å². The fourth-order valence-electron chi connectivity index (χ4n) is 5.01. The van der Waals surface area contributed by atoms with Gasteiger partial charge in [-0.15, -0.1) is 0 Å². The number of fused-ring (bicyclic) bond motifs is 1. The SMILES string of the molecule is CC(C)(O)c1c(NC(=O)c2cccc(C3CC3)n2)cn2cc(C3CCC(CO)CC3)nc2c1F. The van der Waals surface area contributed by atoms with Crippen molar-refractivity contribution in [3.8, 4) is 0 Å². The van der Waals surface area contributed by atoms with Crippen LogP contribution in [-0.4, -0.2) is 37.1 Å². The molecule has 0 atom stereocenters. The van der Waals surface area contributed by atoms with Gasteiger partial charge in [0.15, 0.2) is 11.5 Å². The van der Waals surface area contributed by atoms with Gasteiger partial charge in [0.25, 0.3) is 5.91 Å². The Morgan fingerprint density at radius 3 is 2.41 bits per heavy atom. The third-order valence-electron chi connectivity index (χ3n) is 7.09. The Balaban J connectivity index is 1.49. The highest BCUT2D eigenvalue weighted by Gasteiger charge is 2.31. The third kappa shape index (κ3) is 4.44. The van der Waals surface area contributed by atoms with Crippen LogP contribution >= 0.6 is 0 Å². The molecule has 0 unspecified atom stereocenters. The summed E-state index contributed by atoms with van der Waals surface area (Å²) in [5.41, 5.74) is 0.721. The second-order valence-electron chi connectivity index (χ2n) is 10.3. The van der Waals surface area contributed by atoms with Gasteiger partial charge in [-0.1, -0.05) is 6.07 Å². The standard InChI is InChI=1S/C26H31FN4O3/c1-26(2,34)22-21(30-25(33)19-5-3-4-18(28-19)16-10-11-16)13-31-12-20(29-24(31)23(22)27)17-8-6-15(14-32)7-9-17/h3-5,12-13,15-17,32,34H,6-11,14H2,1-2H3,(H,30,33). The van der Waals surface area contributed by atoms with E-state index in [2.05, 4.69) is 15.3 Å². The summed E-state index contributed by atoms with van der Waals surface area (Å²) in [6, 6.07) is 5.37. The summed E-state index contributed by atoms with van der Waals surface area (Å²) < 4.78 is 17.3. The minimum atomic E-state index is -1.54. The van der Waals surface area contributed by atoms with E-state index >= 15 is 4.39 Å². The first-order valence-electron chi connectivity index (χ1n) is 12.1. The van der Waals surface area contributed by atoms with Gasteiger partial charge in [0.05, 0.1) is 17.0 Å². The summed E-state index contributed by atoms with van der Waals surface area (Å²) in [7, 11) is 0. The summed E-state index contributed by atoms with van der Waals surface area (Å²) >= 11 is 0. The number of amides is 1. The number of nitrogens with zero attached hydrogens (tertiary/aromatic N) is 3. The number of aromatic nitrogens is 3. The van der Waals surface area contributed by atoms with E-state index in [1.165, 1.54) is 13.8 Å². The number of aliphatic hydroxyl groups is 2. The number of pyridine rings is 2. The molecular weight excluding hydrogens is 435 g/mol. The van der Waals surface area contributed by atoms with E-state index in [0.717, 1.165) is 49.9 Å². The topological polar surface area (TPSA) is 99.8 Å². The van der Waals surface area contributed by atoms with E-state index in [4.69, 9.17) is 0 Å². The Morgan fingerprint density at radius 2 is 1.76 bits per heavy atom. The molecule has 34 heavy (non-hydrogen) atoms. The van der Waals surface area contributed by atoms with Crippen molar-refractivity contribution in [3.05, 3.63) is 59.1 Å². The molecule has 0 aromatic carbocycles. The average molecular weight is 467 g/mol. The number of halogens is 1. The smallest absolute Gasteiger partial charge is 0.274 e. The van der Waals surface area contributed by atoms with Crippen LogP contribution in [0.4, 0.5) is 10.1 Å². The molecule has 1 amide bonds. The maximum absolute atomic E-state index is 15.7. The lowest BCUT2D eigenvalue weighted by Gasteiger charge is -2.25. The highest BCUT2D eigenvalue weighted by Crippen LogP contribution is 2.39. The Bertz CT molecular complexity index is 1220. The van der Waals surface area contributed by atoms with Crippen LogP contribution in [0.15, 0.2) is 30.6 Å². The molecule has 3 aromatic heterocycles. The highest BCUT2D eigenvalue weighted by molar-refractivity contribution is 6.03. The van der Waals surface area contributed by atoms with Gasteiger partial charge in [0.1, 0.15) is 5.69 Å². The number of nitrogens with one attached hydrogen (secondary N) is 1. The van der Waals surface area contributed by atoms with Crippen molar-refractivity contribution in [1.82, 2.24) is 14.4 Å². The van der Waals surface area contributed by atoms with E-state index in [1.54, 1.807) is 22.9 Å². The largest absolute Gasteiger partial charge is 0.396 e. The van der Waals surface area contributed by atoms with Crippen LogP contribution in [0.3, 0.4) is 0 Å². The summed E-state index contributed by atoms with van der Waals surface area (Å²) in [4.78, 5) is 22.1. The van der Waals surface area contributed by atoms with Crippen molar-refractivity contribution < 1.29 is 19.4 Å². The zero-order chi connectivity index (χ0) is 24.0. The number of carbonyl (C=O) groups is 1. The summed E-state index contributed by atoms with van der Waals surface area (Å²) in [5.74, 6) is -0.180. The molecule has 0 radical (unpaired) electrons. The predicted octanol–water partition coefficient (Wildman–Crippen LogP) is 4.49. The van der Waals surface area contributed by atoms with Crippen molar-refractivity contribution in [3.63, 3.8) is 0 Å². The third-order valence-corrected chi connectivity index (χ3v) is 7.09. The molecule has 0 aliphatic heterocycles. The second-order valence-corrected chi connectivity index (χ2v) is 10.3. The van der Waals surface area contributed by atoms with Crippen molar-refractivity contribution >= 4 is 17.2 Å². The van der Waals surface area contributed by atoms with Crippen LogP contribution in [-0.2, 0) is 5.60 Å². The van der Waals surface area contributed by atoms with Gasteiger partial charge in [0, 0.05) is 42.1 Å². The number of hydrogen-bond donors (Lipinski definition) is 3. The molecule has 2 saturated carbocycles. The lowest BCUT2D eigenvalue weighted by atomic mass is 9.81. The molecule has 8 heteroatoms. The fraction of sp³-hybridized carbons (Fsp3) is 0.500. The van der Waals surface area contributed by atoms with E-state index in [9.17, 15) is 15.0 Å². The molecule has 3 heterocycles.